The zero-order valence-electron chi connectivity index (χ0n) is 12.0. The van der Waals surface area contributed by atoms with Crippen molar-refractivity contribution in [3.05, 3.63) is 0 Å². The van der Waals surface area contributed by atoms with E-state index in [9.17, 15) is 13.2 Å². The molecule has 1 amide bonds. The molecule has 0 spiro atoms. The summed E-state index contributed by atoms with van der Waals surface area (Å²) >= 11 is 0. The van der Waals surface area contributed by atoms with Crippen molar-refractivity contribution in [3.8, 4) is 0 Å². The number of carbonyl (C=O) groups is 1. The van der Waals surface area contributed by atoms with Crippen molar-refractivity contribution in [3.63, 3.8) is 0 Å². The molecule has 0 aromatic rings. The largest absolute Gasteiger partial charge is 0.358 e. The summed E-state index contributed by atoms with van der Waals surface area (Å²) in [6, 6.07) is -0.146. The van der Waals surface area contributed by atoms with Crippen molar-refractivity contribution in [1.29, 1.82) is 0 Å². The lowest BCUT2D eigenvalue weighted by molar-refractivity contribution is -0.118. The highest BCUT2D eigenvalue weighted by Gasteiger charge is 2.30. The second-order valence-electron chi connectivity index (χ2n) is 5.60. The van der Waals surface area contributed by atoms with Crippen LogP contribution in [-0.2, 0) is 14.6 Å². The van der Waals surface area contributed by atoms with Crippen LogP contribution in [0.3, 0.4) is 0 Å². The summed E-state index contributed by atoms with van der Waals surface area (Å²) in [7, 11) is -1.94. The van der Waals surface area contributed by atoms with Gasteiger partial charge in [-0.05, 0) is 18.4 Å². The van der Waals surface area contributed by atoms with Gasteiger partial charge in [-0.3, -0.25) is 4.79 Å². The van der Waals surface area contributed by atoms with Gasteiger partial charge in [0.1, 0.15) is 5.75 Å². The topological polar surface area (TPSA) is 75.3 Å². The number of hydrogen-bond acceptors (Lipinski definition) is 4. The van der Waals surface area contributed by atoms with Gasteiger partial charge in [0.05, 0.1) is 5.75 Å². The summed E-state index contributed by atoms with van der Waals surface area (Å²) < 4.78 is 23.8. The molecule has 0 bridgehead atoms. The van der Waals surface area contributed by atoms with Gasteiger partial charge >= 0.3 is 0 Å². The molecule has 0 saturated heterocycles. The monoisotopic (exact) mass is 278 g/mol. The summed E-state index contributed by atoms with van der Waals surface area (Å²) in [6.45, 7) is 8.80. The van der Waals surface area contributed by atoms with Crippen LogP contribution < -0.4 is 10.6 Å². The number of amides is 1. The third kappa shape index (κ3) is 6.96. The Morgan fingerprint density at radius 2 is 1.83 bits per heavy atom. The van der Waals surface area contributed by atoms with Crippen molar-refractivity contribution in [1.82, 2.24) is 10.6 Å². The molecule has 0 fully saturated rings. The fraction of sp³-hybridized carbons (Fsp3) is 0.917. The second-order valence-corrected chi connectivity index (χ2v) is 7.71. The number of rotatable bonds is 7. The van der Waals surface area contributed by atoms with Crippen LogP contribution in [0.5, 0.6) is 0 Å². The average Bonchev–Trinajstić information content (AvgIpc) is 2.21. The van der Waals surface area contributed by atoms with E-state index in [1.54, 1.807) is 0 Å². The van der Waals surface area contributed by atoms with Crippen molar-refractivity contribution in [2.75, 3.05) is 25.1 Å². The smallest absolute Gasteiger partial charge is 0.234 e. The van der Waals surface area contributed by atoms with Gasteiger partial charge in [-0.2, -0.15) is 0 Å². The molecule has 6 heteroatoms. The number of hydrogen-bond donors (Lipinski definition) is 2. The van der Waals surface area contributed by atoms with Gasteiger partial charge in [-0.15, -0.1) is 0 Å². The van der Waals surface area contributed by atoms with E-state index in [2.05, 4.69) is 10.6 Å². The molecule has 0 saturated carbocycles. The van der Waals surface area contributed by atoms with Crippen molar-refractivity contribution >= 4 is 15.7 Å². The lowest BCUT2D eigenvalue weighted by atomic mass is 9.88. The fourth-order valence-electron chi connectivity index (χ4n) is 1.52. The van der Waals surface area contributed by atoms with Gasteiger partial charge in [0, 0.05) is 13.1 Å². The molecule has 1 unspecified atom stereocenters. The first-order valence-corrected chi connectivity index (χ1v) is 8.09. The van der Waals surface area contributed by atoms with Gasteiger partial charge in [-0.25, -0.2) is 8.42 Å². The summed E-state index contributed by atoms with van der Waals surface area (Å²) in [6.07, 6.45) is 0.947. The maximum atomic E-state index is 11.9. The predicted molar refractivity (Wildman–Crippen MR) is 74.3 cm³/mol. The Hall–Kier alpha value is -0.620. The van der Waals surface area contributed by atoms with E-state index < -0.39 is 21.5 Å². The molecule has 18 heavy (non-hydrogen) atoms. The maximum Gasteiger partial charge on any atom is 0.234 e. The molecule has 0 heterocycles. The molecule has 0 aromatic carbocycles. The van der Waals surface area contributed by atoms with E-state index >= 15 is 0 Å². The normalized spacial score (nSPS) is 14.3. The molecule has 2 N–H and O–H groups in total. The summed E-state index contributed by atoms with van der Waals surface area (Å²) in [5, 5.41) is 5.58. The molecule has 0 aromatic heterocycles. The molecular formula is C12H26N2O3S. The fourth-order valence-corrected chi connectivity index (χ4v) is 3.31. The Balaban J connectivity index is 4.71. The van der Waals surface area contributed by atoms with Gasteiger partial charge in [-0.1, -0.05) is 27.7 Å². The molecule has 0 aliphatic rings. The zero-order valence-corrected chi connectivity index (χ0v) is 12.9. The SMILES string of the molecule is CCCNC(CS(=O)(=O)CC(=O)NC)C(C)(C)C. The summed E-state index contributed by atoms with van der Waals surface area (Å²) in [5.74, 6) is -0.911. The summed E-state index contributed by atoms with van der Waals surface area (Å²) in [5.41, 5.74) is -0.162. The minimum atomic E-state index is -3.38. The Labute approximate surface area is 111 Å². The number of sulfone groups is 1. The molecule has 1 atom stereocenters. The van der Waals surface area contributed by atoms with Crippen molar-refractivity contribution < 1.29 is 13.2 Å². The second kappa shape index (κ2) is 7.09. The Morgan fingerprint density at radius 3 is 2.22 bits per heavy atom. The van der Waals surface area contributed by atoms with Crippen molar-refractivity contribution in [2.24, 2.45) is 5.41 Å². The Bertz CT molecular complexity index is 358. The van der Waals surface area contributed by atoms with Crippen molar-refractivity contribution in [2.45, 2.75) is 40.2 Å². The average molecular weight is 278 g/mol. The lowest BCUT2D eigenvalue weighted by Crippen LogP contribution is -2.46. The van der Waals surface area contributed by atoms with Crippen LogP contribution in [-0.4, -0.2) is 45.5 Å². The van der Waals surface area contributed by atoms with Gasteiger partial charge in [0.15, 0.2) is 9.84 Å². The standard InChI is InChI=1S/C12H26N2O3S/c1-6-7-14-10(12(2,3)4)8-18(16,17)9-11(15)13-5/h10,14H,6-9H2,1-5H3,(H,13,15). The highest BCUT2D eigenvalue weighted by atomic mass is 32.2. The third-order valence-electron chi connectivity index (χ3n) is 2.74. The van der Waals surface area contributed by atoms with Gasteiger partial charge < -0.3 is 10.6 Å². The first-order valence-electron chi connectivity index (χ1n) is 6.26. The molecule has 5 nitrogen and oxygen atoms in total. The lowest BCUT2D eigenvalue weighted by Gasteiger charge is -2.31. The molecule has 0 aliphatic carbocycles. The third-order valence-corrected chi connectivity index (χ3v) is 4.28. The quantitative estimate of drug-likeness (QED) is 0.713. The first kappa shape index (κ1) is 17.4. The van der Waals surface area contributed by atoms with Crippen LogP contribution in [0.15, 0.2) is 0 Å². The van der Waals surface area contributed by atoms with Crippen LogP contribution in [0.4, 0.5) is 0 Å². The van der Waals surface area contributed by atoms with E-state index in [-0.39, 0.29) is 17.2 Å². The van der Waals surface area contributed by atoms with Gasteiger partial charge in [0.2, 0.25) is 5.91 Å². The zero-order chi connectivity index (χ0) is 14.4. The van der Waals surface area contributed by atoms with Crippen LogP contribution in [0, 0.1) is 5.41 Å². The van der Waals surface area contributed by atoms with Crippen LogP contribution >= 0.6 is 0 Å². The minimum Gasteiger partial charge on any atom is -0.358 e. The van der Waals surface area contributed by atoms with Crippen LogP contribution in [0.1, 0.15) is 34.1 Å². The van der Waals surface area contributed by atoms with E-state index in [4.69, 9.17) is 0 Å². The van der Waals surface area contributed by atoms with E-state index in [1.807, 2.05) is 27.7 Å². The van der Waals surface area contributed by atoms with E-state index in [1.165, 1.54) is 7.05 Å². The van der Waals surface area contributed by atoms with Crippen LogP contribution in [0.2, 0.25) is 0 Å². The molecule has 0 rings (SSSR count). The van der Waals surface area contributed by atoms with E-state index in [0.717, 1.165) is 13.0 Å². The molecule has 0 aliphatic heterocycles. The summed E-state index contributed by atoms with van der Waals surface area (Å²) in [4.78, 5) is 11.2. The number of carbonyl (C=O) groups excluding carboxylic acids is 1. The first-order chi connectivity index (χ1) is 8.12. The molecular weight excluding hydrogens is 252 g/mol. The number of nitrogens with one attached hydrogen (secondary N) is 2. The Kier molecular flexibility index (Phi) is 6.84. The minimum absolute atomic E-state index is 0.0100. The molecule has 0 radical (unpaired) electrons. The highest BCUT2D eigenvalue weighted by molar-refractivity contribution is 7.92. The highest BCUT2D eigenvalue weighted by Crippen LogP contribution is 2.20. The van der Waals surface area contributed by atoms with Crippen LogP contribution in [0.25, 0.3) is 0 Å². The van der Waals surface area contributed by atoms with Gasteiger partial charge in [0.25, 0.3) is 0 Å². The maximum absolute atomic E-state index is 11.9. The Morgan fingerprint density at radius 1 is 1.28 bits per heavy atom. The molecule has 108 valence electrons. The van der Waals surface area contributed by atoms with E-state index in [0.29, 0.717) is 0 Å². The predicted octanol–water partition coefficient (Wildman–Crippen LogP) is 0.562.